The molecule has 0 aromatic carbocycles. The highest BCUT2D eigenvalue weighted by Crippen LogP contribution is 2.22. The smallest absolute Gasteiger partial charge is 0.306 e. The number of carbonyl (C=O) groups is 1. The van der Waals surface area contributed by atoms with Crippen molar-refractivity contribution in [3.8, 4) is 0 Å². The van der Waals surface area contributed by atoms with Crippen molar-refractivity contribution < 1.29 is 44.2 Å². The molecule has 51 heavy (non-hydrogen) atoms. The third-order valence-corrected chi connectivity index (χ3v) is 9.01. The molecule has 1 saturated heterocycles. The molecular weight excluding hydrogens is 648 g/mol. The van der Waals surface area contributed by atoms with Gasteiger partial charge in [0.15, 0.2) is 6.29 Å². The highest BCUT2D eigenvalue weighted by molar-refractivity contribution is 5.69. The van der Waals surface area contributed by atoms with E-state index in [4.69, 9.17) is 18.9 Å². The van der Waals surface area contributed by atoms with E-state index in [2.05, 4.69) is 62.5 Å². The zero-order chi connectivity index (χ0) is 37.2. The predicted molar refractivity (Wildman–Crippen MR) is 205 cm³/mol. The number of ether oxygens (including phenoxy) is 4. The Morgan fingerprint density at radius 1 is 0.647 bits per heavy atom. The van der Waals surface area contributed by atoms with Crippen molar-refractivity contribution in [3.63, 3.8) is 0 Å². The summed E-state index contributed by atoms with van der Waals surface area (Å²) in [6, 6.07) is 0. The van der Waals surface area contributed by atoms with Crippen LogP contribution in [-0.2, 0) is 23.7 Å². The number of aliphatic hydroxyl groups is 4. The van der Waals surface area contributed by atoms with Crippen LogP contribution in [0.2, 0.25) is 0 Å². The summed E-state index contributed by atoms with van der Waals surface area (Å²) in [5, 5.41) is 40.0. The number of aliphatic hydroxyl groups excluding tert-OH is 4. The fourth-order valence-electron chi connectivity index (χ4n) is 5.83. The second-order valence-corrected chi connectivity index (χ2v) is 13.7. The number of carbonyl (C=O) groups excluding carboxylic acids is 1. The van der Waals surface area contributed by atoms with E-state index in [0.717, 1.165) is 70.6 Å². The van der Waals surface area contributed by atoms with Gasteiger partial charge in [-0.25, -0.2) is 0 Å². The zero-order valence-electron chi connectivity index (χ0n) is 32.1. The summed E-state index contributed by atoms with van der Waals surface area (Å²) in [7, 11) is 0. The van der Waals surface area contributed by atoms with Gasteiger partial charge in [0.05, 0.1) is 19.8 Å². The second-order valence-electron chi connectivity index (χ2n) is 13.7. The lowest BCUT2D eigenvalue weighted by Crippen LogP contribution is -2.59. The van der Waals surface area contributed by atoms with Crippen molar-refractivity contribution in [2.45, 2.75) is 185 Å². The quantitative estimate of drug-likeness (QED) is 0.0301. The topological polar surface area (TPSA) is 135 Å². The average Bonchev–Trinajstić information content (AvgIpc) is 3.13. The Kier molecular flexibility index (Phi) is 31.4. The molecule has 0 radical (unpaired) electrons. The third kappa shape index (κ3) is 25.7. The molecule has 6 atom stereocenters. The van der Waals surface area contributed by atoms with Crippen LogP contribution in [0.15, 0.2) is 48.6 Å². The molecule has 0 spiro atoms. The molecule has 4 N–H and O–H groups in total. The second kappa shape index (κ2) is 34.0. The Morgan fingerprint density at radius 3 is 1.78 bits per heavy atom. The van der Waals surface area contributed by atoms with E-state index in [0.29, 0.717) is 13.0 Å². The van der Waals surface area contributed by atoms with Crippen molar-refractivity contribution in [2.24, 2.45) is 0 Å². The van der Waals surface area contributed by atoms with Gasteiger partial charge in [0, 0.05) is 13.0 Å². The Labute approximate surface area is 310 Å². The van der Waals surface area contributed by atoms with E-state index in [-0.39, 0.29) is 19.2 Å². The lowest BCUT2D eigenvalue weighted by Gasteiger charge is -2.39. The van der Waals surface area contributed by atoms with E-state index in [1.165, 1.54) is 57.8 Å². The minimum Gasteiger partial charge on any atom is -0.457 e. The molecule has 0 bridgehead atoms. The van der Waals surface area contributed by atoms with Crippen LogP contribution in [0.5, 0.6) is 0 Å². The summed E-state index contributed by atoms with van der Waals surface area (Å²) in [4.78, 5) is 12.7. The van der Waals surface area contributed by atoms with Crippen LogP contribution in [0.4, 0.5) is 0 Å². The van der Waals surface area contributed by atoms with Crippen LogP contribution in [0.1, 0.15) is 149 Å². The van der Waals surface area contributed by atoms with Crippen molar-refractivity contribution in [1.82, 2.24) is 0 Å². The number of rotatable bonds is 33. The van der Waals surface area contributed by atoms with Crippen LogP contribution in [-0.4, -0.2) is 89.6 Å². The minimum absolute atomic E-state index is 0.123. The van der Waals surface area contributed by atoms with E-state index in [9.17, 15) is 25.2 Å². The van der Waals surface area contributed by atoms with Gasteiger partial charge >= 0.3 is 5.97 Å². The Balaban J connectivity index is 2.34. The summed E-state index contributed by atoms with van der Waals surface area (Å²) >= 11 is 0. The fourth-order valence-corrected chi connectivity index (χ4v) is 5.83. The molecule has 296 valence electrons. The van der Waals surface area contributed by atoms with Crippen molar-refractivity contribution in [1.29, 1.82) is 0 Å². The summed E-state index contributed by atoms with van der Waals surface area (Å²) in [6.07, 6.45) is 32.8. The van der Waals surface area contributed by atoms with Crippen molar-refractivity contribution in [3.05, 3.63) is 48.6 Å². The van der Waals surface area contributed by atoms with Gasteiger partial charge < -0.3 is 39.4 Å². The van der Waals surface area contributed by atoms with Gasteiger partial charge in [-0.1, -0.05) is 140 Å². The third-order valence-electron chi connectivity index (χ3n) is 9.01. The molecule has 1 aliphatic rings. The molecule has 9 nitrogen and oxygen atoms in total. The molecule has 0 saturated carbocycles. The molecule has 1 aliphatic heterocycles. The first kappa shape index (κ1) is 47.2. The number of esters is 1. The van der Waals surface area contributed by atoms with Crippen LogP contribution in [0, 0.1) is 0 Å². The number of allylic oxidation sites excluding steroid dienone is 8. The largest absolute Gasteiger partial charge is 0.457 e. The first-order valence-corrected chi connectivity index (χ1v) is 20.2. The first-order chi connectivity index (χ1) is 24.9. The van der Waals surface area contributed by atoms with Crippen LogP contribution < -0.4 is 0 Å². The predicted octanol–water partition coefficient (Wildman–Crippen LogP) is 8.19. The molecule has 1 fully saturated rings. The van der Waals surface area contributed by atoms with E-state index in [1.54, 1.807) is 0 Å². The molecule has 0 amide bonds. The van der Waals surface area contributed by atoms with Crippen molar-refractivity contribution in [2.75, 3.05) is 26.4 Å². The molecule has 1 rings (SSSR count). The highest BCUT2D eigenvalue weighted by atomic mass is 16.7. The molecule has 1 heterocycles. The summed E-state index contributed by atoms with van der Waals surface area (Å²) in [5.74, 6) is -0.328. The molecule has 0 aliphatic carbocycles. The Hall–Kier alpha value is -1.85. The molecule has 0 aromatic rings. The SMILES string of the molecule is CC/C=C\C/C=C\C/C=C\C/C=C\CCCCCOCC(COC1OC(CO)C(O)C(O)C1O)OC(=O)CCCCCCCCCCCCCC. The Bertz CT molecular complexity index is 916. The van der Waals surface area contributed by atoms with Crippen molar-refractivity contribution >= 4 is 5.97 Å². The lowest BCUT2D eigenvalue weighted by molar-refractivity contribution is -0.305. The Morgan fingerprint density at radius 2 is 1.20 bits per heavy atom. The van der Waals surface area contributed by atoms with Crippen LogP contribution in [0.3, 0.4) is 0 Å². The fraction of sp³-hybridized carbons (Fsp3) is 0.786. The number of hydrogen-bond acceptors (Lipinski definition) is 9. The maximum Gasteiger partial charge on any atom is 0.306 e. The van der Waals surface area contributed by atoms with Gasteiger partial charge in [0.2, 0.25) is 0 Å². The lowest BCUT2D eigenvalue weighted by atomic mass is 9.99. The summed E-state index contributed by atoms with van der Waals surface area (Å²) in [5.41, 5.74) is 0. The summed E-state index contributed by atoms with van der Waals surface area (Å²) < 4.78 is 22.7. The monoisotopic (exact) mass is 723 g/mol. The molecule has 6 unspecified atom stereocenters. The van der Waals surface area contributed by atoms with E-state index < -0.39 is 43.4 Å². The van der Waals surface area contributed by atoms with Crippen LogP contribution >= 0.6 is 0 Å². The van der Waals surface area contributed by atoms with Gasteiger partial charge in [-0.15, -0.1) is 0 Å². The number of hydrogen-bond donors (Lipinski definition) is 4. The standard InChI is InChI=1S/C42H74O9/c1-3-5-7-9-11-13-15-17-18-19-20-22-24-26-28-30-32-48-34-36(35-49-42-41(47)40(46)39(45)37(33-43)51-42)50-38(44)31-29-27-25-23-21-16-14-12-10-8-6-4-2/h5,7,11,13,17-18,20,22,36-37,39-43,45-47H,3-4,6,8-10,12,14-16,19,21,23-35H2,1-2H3/b7-5-,13-11-,18-17-,22-20-. The van der Waals surface area contributed by atoms with E-state index in [1.807, 2.05) is 0 Å². The maximum absolute atomic E-state index is 12.7. The van der Waals surface area contributed by atoms with Gasteiger partial charge in [0.25, 0.3) is 0 Å². The highest BCUT2D eigenvalue weighted by Gasteiger charge is 2.44. The maximum atomic E-state index is 12.7. The van der Waals surface area contributed by atoms with Gasteiger partial charge in [0.1, 0.15) is 30.5 Å². The average molecular weight is 723 g/mol. The van der Waals surface area contributed by atoms with Crippen LogP contribution in [0.25, 0.3) is 0 Å². The number of unbranched alkanes of at least 4 members (excludes halogenated alkanes) is 14. The van der Waals surface area contributed by atoms with E-state index >= 15 is 0 Å². The van der Waals surface area contributed by atoms with Gasteiger partial charge in [-0.3, -0.25) is 4.79 Å². The molecule has 9 heteroatoms. The first-order valence-electron chi connectivity index (χ1n) is 20.2. The van der Waals surface area contributed by atoms with Gasteiger partial charge in [-0.2, -0.15) is 0 Å². The normalized spacial score (nSPS) is 21.9. The molecule has 0 aromatic heterocycles. The van der Waals surface area contributed by atoms with Gasteiger partial charge in [-0.05, 0) is 51.4 Å². The summed E-state index contributed by atoms with van der Waals surface area (Å²) in [6.45, 7) is 4.35. The minimum atomic E-state index is -1.54. The zero-order valence-corrected chi connectivity index (χ0v) is 32.1. The molecular formula is C42H74O9.